The Labute approximate surface area is 120 Å². The molecule has 0 radical (unpaired) electrons. The van der Waals surface area contributed by atoms with Gasteiger partial charge in [-0.15, -0.1) is 0 Å². The lowest BCUT2D eigenvalue weighted by molar-refractivity contribution is 1.41. The zero-order valence-corrected chi connectivity index (χ0v) is 11.9. The van der Waals surface area contributed by atoms with Gasteiger partial charge in [0, 0.05) is 19.4 Å². The van der Waals surface area contributed by atoms with E-state index in [0.29, 0.717) is 19.4 Å². The monoisotopic (exact) mass is 360 g/mol. The van der Waals surface area contributed by atoms with Crippen LogP contribution in [-0.4, -0.2) is 0 Å². The Bertz CT molecular complexity index is 693. The zero-order valence-electron chi connectivity index (χ0n) is 8.70. The van der Waals surface area contributed by atoms with Gasteiger partial charge < -0.3 is 0 Å². The summed E-state index contributed by atoms with van der Waals surface area (Å²) in [4.78, 5) is 0. The Morgan fingerprint density at radius 1 is 0.722 bits per heavy atom. The van der Waals surface area contributed by atoms with Crippen LogP contribution in [0.5, 0.6) is 0 Å². The number of benzene rings is 1. The van der Waals surface area contributed by atoms with Crippen LogP contribution in [0.25, 0.3) is 11.1 Å². The van der Waals surface area contributed by atoms with Crippen LogP contribution in [0.2, 0.25) is 0 Å². The quantitative estimate of drug-likeness (QED) is 0.701. The standard InChI is InChI=1S/C12H2Br2N4/c13-11-1-9(7(3-15)4-16)12(14)2-10(11)8(5-17)6-18/h1-2H. The van der Waals surface area contributed by atoms with Crippen LogP contribution < -0.4 is 10.4 Å². The van der Waals surface area contributed by atoms with Gasteiger partial charge in [-0.05, 0) is 12.1 Å². The van der Waals surface area contributed by atoms with E-state index in [2.05, 4.69) is 31.9 Å². The largest absolute Gasteiger partial charge is 0.192 e. The van der Waals surface area contributed by atoms with Crippen molar-refractivity contribution in [3.63, 3.8) is 0 Å². The first kappa shape index (κ1) is 13.9. The topological polar surface area (TPSA) is 95.2 Å². The predicted molar refractivity (Wildman–Crippen MR) is 70.4 cm³/mol. The number of rotatable bonds is 0. The number of halogens is 2. The minimum absolute atomic E-state index is 0.0513. The fourth-order valence-corrected chi connectivity index (χ4v) is 2.30. The molecule has 1 aromatic rings. The molecule has 84 valence electrons. The second-order valence-corrected chi connectivity index (χ2v) is 4.72. The number of hydrogen-bond acceptors (Lipinski definition) is 4. The lowest BCUT2D eigenvalue weighted by Crippen LogP contribution is -2.16. The van der Waals surface area contributed by atoms with Crippen LogP contribution >= 0.6 is 31.9 Å². The molecule has 0 unspecified atom stereocenters. The van der Waals surface area contributed by atoms with Gasteiger partial charge in [-0.2, -0.15) is 21.0 Å². The van der Waals surface area contributed by atoms with E-state index in [1.165, 1.54) is 12.1 Å². The molecule has 4 nitrogen and oxygen atoms in total. The summed E-state index contributed by atoms with van der Waals surface area (Å²) in [6.07, 6.45) is 0. The van der Waals surface area contributed by atoms with Crippen molar-refractivity contribution >= 4 is 43.0 Å². The van der Waals surface area contributed by atoms with Crippen molar-refractivity contribution in [1.29, 1.82) is 21.0 Å². The Hall–Kier alpha value is -2.12. The van der Waals surface area contributed by atoms with Crippen molar-refractivity contribution in [1.82, 2.24) is 0 Å². The third kappa shape index (κ3) is 2.58. The first-order chi connectivity index (χ1) is 8.58. The van der Waals surface area contributed by atoms with Crippen molar-refractivity contribution < 1.29 is 0 Å². The molecule has 0 aliphatic rings. The van der Waals surface area contributed by atoms with E-state index >= 15 is 0 Å². The Kier molecular flexibility index (Phi) is 4.64. The van der Waals surface area contributed by atoms with Crippen LogP contribution in [0.3, 0.4) is 0 Å². The molecule has 0 bridgehead atoms. The molecule has 0 aromatic heterocycles. The van der Waals surface area contributed by atoms with Crippen molar-refractivity contribution in [3.05, 3.63) is 31.5 Å². The van der Waals surface area contributed by atoms with Gasteiger partial charge in [-0.1, -0.05) is 31.9 Å². The van der Waals surface area contributed by atoms with Gasteiger partial charge in [0.25, 0.3) is 0 Å². The molecule has 0 saturated carbocycles. The van der Waals surface area contributed by atoms with Crippen molar-refractivity contribution in [3.8, 4) is 24.3 Å². The molecule has 6 heteroatoms. The van der Waals surface area contributed by atoms with Crippen LogP contribution in [0, 0.1) is 45.3 Å². The van der Waals surface area contributed by atoms with E-state index < -0.39 is 0 Å². The molecule has 0 fully saturated rings. The highest BCUT2D eigenvalue weighted by molar-refractivity contribution is 9.11. The van der Waals surface area contributed by atoms with E-state index in [0.717, 1.165) is 0 Å². The average molecular weight is 362 g/mol. The summed E-state index contributed by atoms with van der Waals surface area (Å²) in [6.45, 7) is 0. The molecule has 1 aromatic carbocycles. The summed E-state index contributed by atoms with van der Waals surface area (Å²) < 4.78 is 0.948. The third-order valence-corrected chi connectivity index (χ3v) is 3.35. The first-order valence-electron chi connectivity index (χ1n) is 4.43. The molecule has 0 N–H and O–H groups in total. The molecule has 0 heterocycles. The fraction of sp³-hybridized carbons (Fsp3) is 0. The summed E-state index contributed by atoms with van der Waals surface area (Å²) in [5.74, 6) is 0. The number of nitrogens with zero attached hydrogens (tertiary/aromatic N) is 4. The molecular formula is C12H2Br2N4. The Balaban J connectivity index is 3.96. The van der Waals surface area contributed by atoms with Crippen molar-refractivity contribution in [2.24, 2.45) is 0 Å². The highest BCUT2D eigenvalue weighted by atomic mass is 79.9. The van der Waals surface area contributed by atoms with Gasteiger partial charge in [-0.3, -0.25) is 0 Å². The summed E-state index contributed by atoms with van der Waals surface area (Å²) >= 11 is 6.43. The van der Waals surface area contributed by atoms with Crippen LogP contribution in [0.1, 0.15) is 0 Å². The molecule has 1 rings (SSSR count). The fourth-order valence-electron chi connectivity index (χ4n) is 1.22. The predicted octanol–water partition coefficient (Wildman–Crippen LogP) is 1.61. The highest BCUT2D eigenvalue weighted by Crippen LogP contribution is 2.09. The molecule has 0 amide bonds. The van der Waals surface area contributed by atoms with Crippen LogP contribution in [0.15, 0.2) is 21.1 Å². The van der Waals surface area contributed by atoms with Gasteiger partial charge in [0.05, 0.1) is 0 Å². The van der Waals surface area contributed by atoms with Crippen molar-refractivity contribution in [2.45, 2.75) is 0 Å². The van der Waals surface area contributed by atoms with Gasteiger partial charge in [-0.25, -0.2) is 0 Å². The van der Waals surface area contributed by atoms with E-state index in [9.17, 15) is 0 Å². The number of hydrogen-bond donors (Lipinski definition) is 0. The maximum absolute atomic E-state index is 8.81. The maximum Gasteiger partial charge on any atom is 0.138 e. The molecular weight excluding hydrogens is 360 g/mol. The van der Waals surface area contributed by atoms with E-state index in [4.69, 9.17) is 21.0 Å². The Morgan fingerprint density at radius 3 is 1.22 bits per heavy atom. The SMILES string of the molecule is N#CC(C#N)=c1cc(Br)c(=C(C#N)C#N)cc1Br. The molecule has 18 heavy (non-hydrogen) atoms. The molecule has 0 aliphatic heterocycles. The van der Waals surface area contributed by atoms with Crippen molar-refractivity contribution in [2.75, 3.05) is 0 Å². The average Bonchev–Trinajstić information content (AvgIpc) is 2.37. The first-order valence-corrected chi connectivity index (χ1v) is 6.01. The minimum atomic E-state index is -0.0513. The van der Waals surface area contributed by atoms with Gasteiger partial charge in [0.1, 0.15) is 35.4 Å². The van der Waals surface area contributed by atoms with E-state index in [-0.39, 0.29) is 11.1 Å². The molecule has 0 saturated heterocycles. The smallest absolute Gasteiger partial charge is 0.138 e. The second-order valence-electron chi connectivity index (χ2n) is 3.01. The number of nitriles is 4. The van der Waals surface area contributed by atoms with Gasteiger partial charge in [0.2, 0.25) is 0 Å². The van der Waals surface area contributed by atoms with E-state index in [1.807, 2.05) is 0 Å². The molecule has 0 atom stereocenters. The lowest BCUT2D eigenvalue weighted by Gasteiger charge is -1.97. The minimum Gasteiger partial charge on any atom is -0.192 e. The Morgan fingerprint density at radius 2 is 1.00 bits per heavy atom. The summed E-state index contributed by atoms with van der Waals surface area (Å²) in [7, 11) is 0. The lowest BCUT2D eigenvalue weighted by atomic mass is 10.1. The molecule has 0 spiro atoms. The molecule has 0 aliphatic carbocycles. The maximum atomic E-state index is 8.81. The normalized spacial score (nSPS) is 8.33. The second kappa shape index (κ2) is 5.99. The zero-order chi connectivity index (χ0) is 13.7. The van der Waals surface area contributed by atoms with Crippen LogP contribution in [0.4, 0.5) is 0 Å². The summed E-state index contributed by atoms with van der Waals surface area (Å²) in [5, 5.41) is 36.1. The van der Waals surface area contributed by atoms with Gasteiger partial charge in [0.15, 0.2) is 0 Å². The third-order valence-electron chi connectivity index (χ3n) is 2.04. The highest BCUT2D eigenvalue weighted by Gasteiger charge is 2.05. The van der Waals surface area contributed by atoms with Crippen LogP contribution in [-0.2, 0) is 0 Å². The van der Waals surface area contributed by atoms with E-state index in [1.54, 1.807) is 24.3 Å². The summed E-state index contributed by atoms with van der Waals surface area (Å²) in [6, 6.07) is 10.2. The summed E-state index contributed by atoms with van der Waals surface area (Å²) in [5.41, 5.74) is -0.103. The van der Waals surface area contributed by atoms with Gasteiger partial charge >= 0.3 is 0 Å².